The third-order valence-electron chi connectivity index (χ3n) is 2.76. The Bertz CT molecular complexity index is 636. The second kappa shape index (κ2) is 6.56. The van der Waals surface area contributed by atoms with Gasteiger partial charge in [0.2, 0.25) is 0 Å². The zero-order valence-electron chi connectivity index (χ0n) is 11.2. The van der Waals surface area contributed by atoms with Gasteiger partial charge in [-0.2, -0.15) is 0 Å². The fourth-order valence-corrected chi connectivity index (χ4v) is 1.83. The van der Waals surface area contributed by atoms with Crippen molar-refractivity contribution >= 4 is 57.8 Å². The molecule has 2 N–H and O–H groups in total. The zero-order chi connectivity index (χ0) is 15.5. The van der Waals surface area contributed by atoms with Gasteiger partial charge in [0.15, 0.2) is 0 Å². The van der Waals surface area contributed by atoms with E-state index < -0.39 is 9.70 Å². The number of benzene rings is 2. The van der Waals surface area contributed by atoms with Gasteiger partial charge in [-0.3, -0.25) is 4.79 Å². The van der Waals surface area contributed by atoms with E-state index in [9.17, 15) is 4.79 Å². The Morgan fingerprint density at radius 1 is 0.952 bits per heavy atom. The molecule has 0 saturated heterocycles. The second-order valence-electron chi connectivity index (χ2n) is 4.49. The Hall–Kier alpha value is -1.42. The SMILES string of the molecule is Cc1ccc(Nc2ccccc2NC(=O)C(Cl)(Cl)Cl)cc1. The van der Waals surface area contributed by atoms with Crippen LogP contribution in [-0.4, -0.2) is 9.70 Å². The number of hydrogen-bond donors (Lipinski definition) is 2. The van der Waals surface area contributed by atoms with Crippen LogP contribution in [0, 0.1) is 6.92 Å². The Labute approximate surface area is 138 Å². The smallest absolute Gasteiger partial charge is 0.276 e. The maximum absolute atomic E-state index is 11.7. The highest BCUT2D eigenvalue weighted by Crippen LogP contribution is 2.30. The highest BCUT2D eigenvalue weighted by Gasteiger charge is 2.31. The second-order valence-corrected chi connectivity index (χ2v) is 6.77. The Morgan fingerprint density at radius 2 is 1.52 bits per heavy atom. The maximum atomic E-state index is 11.7. The molecule has 1 amide bonds. The number of carbonyl (C=O) groups excluding carboxylic acids is 1. The number of anilines is 3. The van der Waals surface area contributed by atoms with Crippen LogP contribution in [0.25, 0.3) is 0 Å². The van der Waals surface area contributed by atoms with Gasteiger partial charge >= 0.3 is 0 Å². The molecule has 0 fully saturated rings. The van der Waals surface area contributed by atoms with Gasteiger partial charge in [-0.1, -0.05) is 64.6 Å². The Kier molecular flexibility index (Phi) is 4.99. The quantitative estimate of drug-likeness (QED) is 0.766. The summed E-state index contributed by atoms with van der Waals surface area (Å²) in [4.78, 5) is 11.7. The van der Waals surface area contributed by atoms with Gasteiger partial charge in [0.05, 0.1) is 11.4 Å². The van der Waals surface area contributed by atoms with Gasteiger partial charge in [0.1, 0.15) is 0 Å². The molecule has 0 unspecified atom stereocenters. The van der Waals surface area contributed by atoms with Crippen molar-refractivity contribution in [3.8, 4) is 0 Å². The topological polar surface area (TPSA) is 41.1 Å². The first kappa shape index (κ1) is 16.0. The van der Waals surface area contributed by atoms with Gasteiger partial charge in [0.25, 0.3) is 9.70 Å². The first-order valence-corrected chi connectivity index (χ1v) is 7.30. The van der Waals surface area contributed by atoms with Gasteiger partial charge in [-0.15, -0.1) is 0 Å². The fourth-order valence-electron chi connectivity index (χ4n) is 1.69. The fraction of sp³-hybridized carbons (Fsp3) is 0.133. The van der Waals surface area contributed by atoms with Crippen LogP contribution in [0.15, 0.2) is 48.5 Å². The minimum atomic E-state index is -2.00. The Balaban J connectivity index is 2.21. The molecule has 2 aromatic carbocycles. The van der Waals surface area contributed by atoms with Crippen molar-refractivity contribution in [3.63, 3.8) is 0 Å². The largest absolute Gasteiger partial charge is 0.354 e. The summed E-state index contributed by atoms with van der Waals surface area (Å²) >= 11 is 16.7. The number of halogens is 3. The van der Waals surface area contributed by atoms with Crippen LogP contribution < -0.4 is 10.6 Å². The predicted molar refractivity (Wildman–Crippen MR) is 89.8 cm³/mol. The van der Waals surface area contributed by atoms with Crippen molar-refractivity contribution in [1.82, 2.24) is 0 Å². The molecular formula is C15H13Cl3N2O. The molecule has 0 bridgehead atoms. The molecule has 0 aliphatic heterocycles. The molecule has 0 heterocycles. The third kappa shape index (κ3) is 4.53. The summed E-state index contributed by atoms with van der Waals surface area (Å²) in [6, 6.07) is 15.1. The van der Waals surface area contributed by atoms with Crippen molar-refractivity contribution < 1.29 is 4.79 Å². The van der Waals surface area contributed by atoms with E-state index in [1.807, 2.05) is 43.3 Å². The summed E-state index contributed by atoms with van der Waals surface area (Å²) in [6.45, 7) is 2.01. The van der Waals surface area contributed by atoms with Crippen molar-refractivity contribution in [1.29, 1.82) is 0 Å². The molecule has 6 heteroatoms. The lowest BCUT2D eigenvalue weighted by atomic mass is 10.2. The number of carbonyl (C=O) groups is 1. The lowest BCUT2D eigenvalue weighted by Crippen LogP contribution is -2.27. The van der Waals surface area contributed by atoms with E-state index in [0.717, 1.165) is 5.69 Å². The number of aryl methyl sites for hydroxylation is 1. The molecule has 2 aromatic rings. The predicted octanol–water partition coefficient (Wildman–Crippen LogP) is 5.05. The van der Waals surface area contributed by atoms with E-state index >= 15 is 0 Å². The lowest BCUT2D eigenvalue weighted by Gasteiger charge is -2.15. The maximum Gasteiger partial charge on any atom is 0.276 e. The van der Waals surface area contributed by atoms with Crippen LogP contribution in [0.3, 0.4) is 0 Å². The van der Waals surface area contributed by atoms with Crippen LogP contribution in [0.5, 0.6) is 0 Å². The number of amides is 1. The molecule has 0 aliphatic rings. The molecule has 0 aliphatic carbocycles. The van der Waals surface area contributed by atoms with E-state index in [2.05, 4.69) is 10.6 Å². The summed E-state index contributed by atoms with van der Waals surface area (Å²) in [5.74, 6) is -0.703. The van der Waals surface area contributed by atoms with Crippen LogP contribution in [-0.2, 0) is 4.79 Å². The molecule has 0 aromatic heterocycles. The average molecular weight is 344 g/mol. The van der Waals surface area contributed by atoms with Crippen LogP contribution in [0.2, 0.25) is 0 Å². The number of hydrogen-bond acceptors (Lipinski definition) is 2. The summed E-state index contributed by atoms with van der Waals surface area (Å²) in [6.07, 6.45) is 0. The van der Waals surface area contributed by atoms with Gasteiger partial charge < -0.3 is 10.6 Å². The highest BCUT2D eigenvalue weighted by molar-refractivity contribution is 6.76. The number of para-hydroxylation sites is 2. The summed E-state index contributed by atoms with van der Waals surface area (Å²) in [7, 11) is 0. The molecule has 0 saturated carbocycles. The number of nitrogens with one attached hydrogen (secondary N) is 2. The van der Waals surface area contributed by atoms with Gasteiger partial charge in [-0.25, -0.2) is 0 Å². The molecular weight excluding hydrogens is 331 g/mol. The average Bonchev–Trinajstić information content (AvgIpc) is 2.42. The van der Waals surface area contributed by atoms with E-state index in [0.29, 0.717) is 11.4 Å². The molecule has 0 spiro atoms. The molecule has 21 heavy (non-hydrogen) atoms. The van der Waals surface area contributed by atoms with Crippen molar-refractivity contribution in [3.05, 3.63) is 54.1 Å². The van der Waals surface area contributed by atoms with Crippen molar-refractivity contribution in [2.75, 3.05) is 10.6 Å². The Morgan fingerprint density at radius 3 is 2.10 bits per heavy atom. The third-order valence-corrected chi connectivity index (χ3v) is 3.28. The van der Waals surface area contributed by atoms with Gasteiger partial charge in [-0.05, 0) is 31.2 Å². The minimum absolute atomic E-state index is 0.536. The van der Waals surface area contributed by atoms with Crippen LogP contribution in [0.1, 0.15) is 5.56 Å². The zero-order valence-corrected chi connectivity index (χ0v) is 13.4. The summed E-state index contributed by atoms with van der Waals surface area (Å²) in [5.41, 5.74) is 3.31. The first-order chi connectivity index (χ1) is 9.86. The molecule has 0 atom stereocenters. The van der Waals surface area contributed by atoms with Gasteiger partial charge in [0, 0.05) is 5.69 Å². The normalized spacial score (nSPS) is 11.0. The van der Waals surface area contributed by atoms with E-state index in [-0.39, 0.29) is 0 Å². The molecule has 2 rings (SSSR count). The standard InChI is InChI=1S/C15H13Cl3N2O/c1-10-6-8-11(9-7-10)19-12-4-2-3-5-13(12)20-14(21)15(16,17)18/h2-9,19H,1H3,(H,20,21). The first-order valence-electron chi connectivity index (χ1n) is 6.17. The molecule has 3 nitrogen and oxygen atoms in total. The monoisotopic (exact) mass is 342 g/mol. The summed E-state index contributed by atoms with van der Waals surface area (Å²) < 4.78 is -2.00. The number of alkyl halides is 3. The van der Waals surface area contributed by atoms with Crippen LogP contribution in [0.4, 0.5) is 17.1 Å². The van der Waals surface area contributed by atoms with Crippen molar-refractivity contribution in [2.45, 2.75) is 10.7 Å². The minimum Gasteiger partial charge on any atom is -0.354 e. The van der Waals surface area contributed by atoms with Crippen LogP contribution >= 0.6 is 34.8 Å². The van der Waals surface area contributed by atoms with E-state index in [4.69, 9.17) is 34.8 Å². The lowest BCUT2D eigenvalue weighted by molar-refractivity contribution is -0.115. The van der Waals surface area contributed by atoms with E-state index in [1.54, 1.807) is 12.1 Å². The summed E-state index contributed by atoms with van der Waals surface area (Å²) in [5, 5.41) is 5.80. The van der Waals surface area contributed by atoms with Crippen molar-refractivity contribution in [2.24, 2.45) is 0 Å². The highest BCUT2D eigenvalue weighted by atomic mass is 35.6. The van der Waals surface area contributed by atoms with E-state index in [1.165, 1.54) is 5.56 Å². The molecule has 110 valence electrons. The molecule has 0 radical (unpaired) electrons. The number of rotatable bonds is 3.